The van der Waals surface area contributed by atoms with Gasteiger partial charge in [0.2, 0.25) is 0 Å². The number of nitrogens with zero attached hydrogens (tertiary/aromatic N) is 2. The van der Waals surface area contributed by atoms with Gasteiger partial charge in [0, 0.05) is 24.9 Å². The Morgan fingerprint density at radius 2 is 2.17 bits per heavy atom. The van der Waals surface area contributed by atoms with Gasteiger partial charge in [-0.25, -0.2) is 9.97 Å². The second-order valence-electron chi connectivity index (χ2n) is 5.52. The smallest absolute Gasteiger partial charge is 0.135 e. The summed E-state index contributed by atoms with van der Waals surface area (Å²) in [5, 5.41) is 3.20. The lowest BCUT2D eigenvalue weighted by Crippen LogP contribution is -2.18. The van der Waals surface area contributed by atoms with Crippen LogP contribution in [0.5, 0.6) is 0 Å². The minimum absolute atomic E-state index is 0.556. The van der Waals surface area contributed by atoms with Crippen LogP contribution in [0.3, 0.4) is 0 Å². The van der Waals surface area contributed by atoms with Gasteiger partial charge in [-0.3, -0.25) is 0 Å². The molecule has 1 aromatic heterocycles. The average molecular weight is 247 g/mol. The zero-order valence-electron chi connectivity index (χ0n) is 11.2. The predicted octanol–water partition coefficient (Wildman–Crippen LogP) is 2.49. The molecule has 1 aliphatic heterocycles. The Hall–Kier alpha value is -1.16. The summed E-state index contributed by atoms with van der Waals surface area (Å²) in [5.41, 5.74) is 2.34. The molecule has 2 heterocycles. The summed E-state index contributed by atoms with van der Waals surface area (Å²) in [6.07, 6.45) is 4.70. The molecule has 3 rings (SSSR count). The van der Waals surface area contributed by atoms with Crippen molar-refractivity contribution in [2.45, 2.75) is 45.1 Å². The first-order valence-electron chi connectivity index (χ1n) is 6.93. The molecule has 0 aromatic carbocycles. The van der Waals surface area contributed by atoms with E-state index in [1.165, 1.54) is 25.0 Å². The molecule has 4 nitrogen and oxygen atoms in total. The van der Waals surface area contributed by atoms with E-state index >= 15 is 0 Å². The number of ether oxygens (including phenoxy) is 1. The molecule has 0 amide bonds. The molecule has 1 saturated carbocycles. The Balaban J connectivity index is 1.95. The van der Waals surface area contributed by atoms with Crippen molar-refractivity contribution in [1.82, 2.24) is 9.97 Å². The van der Waals surface area contributed by atoms with Crippen molar-refractivity contribution in [3.05, 3.63) is 17.1 Å². The highest BCUT2D eigenvalue weighted by atomic mass is 16.5. The largest absolute Gasteiger partial charge is 0.376 e. The van der Waals surface area contributed by atoms with Gasteiger partial charge < -0.3 is 10.1 Å². The normalized spacial score (nSPS) is 27.0. The van der Waals surface area contributed by atoms with E-state index in [0.29, 0.717) is 12.5 Å². The van der Waals surface area contributed by atoms with Crippen molar-refractivity contribution in [2.24, 2.45) is 5.92 Å². The number of aromatic nitrogens is 2. The van der Waals surface area contributed by atoms with Crippen LogP contribution in [0.2, 0.25) is 0 Å². The van der Waals surface area contributed by atoms with Crippen molar-refractivity contribution in [2.75, 3.05) is 19.0 Å². The van der Waals surface area contributed by atoms with Crippen molar-refractivity contribution < 1.29 is 4.74 Å². The maximum atomic E-state index is 5.50. The van der Waals surface area contributed by atoms with Crippen LogP contribution in [-0.4, -0.2) is 23.6 Å². The van der Waals surface area contributed by atoms with Gasteiger partial charge in [-0.05, 0) is 25.2 Å². The van der Waals surface area contributed by atoms with E-state index < -0.39 is 0 Å². The monoisotopic (exact) mass is 247 g/mol. The summed E-state index contributed by atoms with van der Waals surface area (Å²) in [5.74, 6) is 3.38. The summed E-state index contributed by atoms with van der Waals surface area (Å²) in [6, 6.07) is 0. The molecule has 18 heavy (non-hydrogen) atoms. The Morgan fingerprint density at radius 3 is 2.89 bits per heavy atom. The second kappa shape index (κ2) is 4.84. The van der Waals surface area contributed by atoms with Crippen LogP contribution in [0.25, 0.3) is 0 Å². The SMILES string of the molecule is CNc1nc(C2CCC(C)C2)nc2c1COCC2. The van der Waals surface area contributed by atoms with E-state index in [1.54, 1.807) is 0 Å². The Morgan fingerprint density at radius 1 is 1.28 bits per heavy atom. The molecule has 1 N–H and O–H groups in total. The highest BCUT2D eigenvalue weighted by Crippen LogP contribution is 2.37. The van der Waals surface area contributed by atoms with E-state index in [-0.39, 0.29) is 0 Å². The molecule has 0 bridgehead atoms. The number of hydrogen-bond acceptors (Lipinski definition) is 4. The zero-order valence-corrected chi connectivity index (χ0v) is 11.2. The molecule has 0 saturated heterocycles. The molecule has 1 aromatic rings. The molecular formula is C14H21N3O. The summed E-state index contributed by atoms with van der Waals surface area (Å²) >= 11 is 0. The van der Waals surface area contributed by atoms with Gasteiger partial charge in [-0.2, -0.15) is 0 Å². The maximum Gasteiger partial charge on any atom is 0.135 e. The Labute approximate surface area is 108 Å². The van der Waals surface area contributed by atoms with Gasteiger partial charge in [-0.1, -0.05) is 6.92 Å². The van der Waals surface area contributed by atoms with Crippen LogP contribution in [0, 0.1) is 5.92 Å². The summed E-state index contributed by atoms with van der Waals surface area (Å²) in [7, 11) is 1.93. The van der Waals surface area contributed by atoms with Crippen LogP contribution in [0.4, 0.5) is 5.82 Å². The maximum absolute atomic E-state index is 5.50. The van der Waals surface area contributed by atoms with Crippen molar-refractivity contribution in [3.63, 3.8) is 0 Å². The van der Waals surface area contributed by atoms with E-state index in [1.807, 2.05) is 7.05 Å². The van der Waals surface area contributed by atoms with Gasteiger partial charge in [0.1, 0.15) is 11.6 Å². The first kappa shape index (κ1) is 11.9. The van der Waals surface area contributed by atoms with Crippen molar-refractivity contribution in [1.29, 1.82) is 0 Å². The van der Waals surface area contributed by atoms with Crippen LogP contribution >= 0.6 is 0 Å². The number of fused-ring (bicyclic) bond motifs is 1. The van der Waals surface area contributed by atoms with Crippen LogP contribution in [0.1, 0.15) is 49.2 Å². The van der Waals surface area contributed by atoms with Gasteiger partial charge >= 0.3 is 0 Å². The molecule has 2 aliphatic rings. The van der Waals surface area contributed by atoms with Gasteiger partial charge in [0.05, 0.1) is 18.9 Å². The van der Waals surface area contributed by atoms with Gasteiger partial charge in [-0.15, -0.1) is 0 Å². The van der Waals surface area contributed by atoms with Crippen molar-refractivity contribution in [3.8, 4) is 0 Å². The molecule has 1 fully saturated rings. The average Bonchev–Trinajstić information content (AvgIpc) is 2.84. The van der Waals surface area contributed by atoms with E-state index in [0.717, 1.165) is 36.2 Å². The van der Waals surface area contributed by atoms with Crippen LogP contribution in [0.15, 0.2) is 0 Å². The molecule has 98 valence electrons. The van der Waals surface area contributed by atoms with E-state index in [4.69, 9.17) is 14.7 Å². The topological polar surface area (TPSA) is 47.0 Å². The molecule has 1 aliphatic carbocycles. The van der Waals surface area contributed by atoms with Gasteiger partial charge in [0.15, 0.2) is 0 Å². The van der Waals surface area contributed by atoms with Crippen LogP contribution in [-0.2, 0) is 17.8 Å². The summed E-state index contributed by atoms with van der Waals surface area (Å²) in [6.45, 7) is 3.76. The predicted molar refractivity (Wildman–Crippen MR) is 70.7 cm³/mol. The number of anilines is 1. The zero-order chi connectivity index (χ0) is 12.5. The minimum Gasteiger partial charge on any atom is -0.376 e. The first-order chi connectivity index (χ1) is 8.78. The number of rotatable bonds is 2. The van der Waals surface area contributed by atoms with E-state index in [2.05, 4.69) is 12.2 Å². The quantitative estimate of drug-likeness (QED) is 0.872. The molecule has 0 radical (unpaired) electrons. The van der Waals surface area contributed by atoms with Gasteiger partial charge in [0.25, 0.3) is 0 Å². The highest BCUT2D eigenvalue weighted by molar-refractivity contribution is 5.47. The lowest BCUT2D eigenvalue weighted by atomic mass is 10.0. The number of hydrogen-bond donors (Lipinski definition) is 1. The fraction of sp³-hybridized carbons (Fsp3) is 0.714. The summed E-state index contributed by atoms with van der Waals surface area (Å²) < 4.78 is 5.50. The Bertz CT molecular complexity index is 430. The van der Waals surface area contributed by atoms with Crippen molar-refractivity contribution >= 4 is 5.82 Å². The fourth-order valence-electron chi connectivity index (χ4n) is 3.08. The second-order valence-corrected chi connectivity index (χ2v) is 5.52. The third kappa shape index (κ3) is 2.09. The minimum atomic E-state index is 0.556. The lowest BCUT2D eigenvalue weighted by molar-refractivity contribution is 0.109. The fourth-order valence-corrected chi connectivity index (χ4v) is 3.08. The number of nitrogens with one attached hydrogen (secondary N) is 1. The molecular weight excluding hydrogens is 226 g/mol. The van der Waals surface area contributed by atoms with Crippen LogP contribution < -0.4 is 5.32 Å². The third-order valence-corrected chi connectivity index (χ3v) is 4.14. The standard InChI is InChI=1S/C14H21N3O/c1-9-3-4-10(7-9)13-16-12-5-6-18-8-11(12)14(15-2)17-13/h9-10H,3-8H2,1-2H3,(H,15,16,17). The lowest BCUT2D eigenvalue weighted by Gasteiger charge is -2.20. The highest BCUT2D eigenvalue weighted by Gasteiger charge is 2.27. The van der Waals surface area contributed by atoms with E-state index in [9.17, 15) is 0 Å². The molecule has 2 atom stereocenters. The third-order valence-electron chi connectivity index (χ3n) is 4.14. The Kier molecular flexibility index (Phi) is 3.20. The first-order valence-corrected chi connectivity index (χ1v) is 6.93. The molecule has 2 unspecified atom stereocenters. The molecule has 4 heteroatoms. The summed E-state index contributed by atoms with van der Waals surface area (Å²) in [4.78, 5) is 9.53. The molecule has 0 spiro atoms.